The number of hydrogen-bond donors (Lipinski definition) is 1. The van der Waals surface area contributed by atoms with Crippen molar-refractivity contribution in [3.05, 3.63) is 36.0 Å². The molecule has 0 aliphatic heterocycles. The van der Waals surface area contributed by atoms with Crippen LogP contribution in [-0.4, -0.2) is 15.4 Å². The second kappa shape index (κ2) is 3.26. The maximum absolute atomic E-state index is 5.39. The third kappa shape index (κ3) is 1.84. The van der Waals surface area contributed by atoms with Gasteiger partial charge in [-0.25, -0.2) is 0 Å². The quantitative estimate of drug-likeness (QED) is 0.758. The van der Waals surface area contributed by atoms with Crippen LogP contribution in [0.2, 0.25) is 0 Å². The first-order chi connectivity index (χ1) is 6.34. The van der Waals surface area contributed by atoms with Crippen LogP contribution in [0.3, 0.4) is 0 Å². The lowest BCUT2D eigenvalue weighted by molar-refractivity contribution is 0.461. The second-order valence-electron chi connectivity index (χ2n) is 2.73. The molecule has 0 spiro atoms. The average molecular weight is 175 g/mol. The Morgan fingerprint density at radius 1 is 1.38 bits per heavy atom. The fourth-order valence-corrected chi connectivity index (χ4v) is 1.04. The van der Waals surface area contributed by atoms with Crippen LogP contribution in [0, 0.1) is 6.92 Å². The van der Waals surface area contributed by atoms with E-state index in [0.717, 1.165) is 11.3 Å². The number of nitrogens with zero attached hydrogens (tertiary/aromatic N) is 2. The fraction of sp³-hybridized carbons (Fsp3) is 0.111. The molecule has 2 rings (SSSR count). The molecule has 0 aliphatic rings. The van der Waals surface area contributed by atoms with Gasteiger partial charge in [-0.05, 0) is 24.6 Å². The van der Waals surface area contributed by atoms with Gasteiger partial charge in [-0.2, -0.15) is 10.3 Å². The van der Waals surface area contributed by atoms with E-state index in [0.29, 0.717) is 5.88 Å². The third-order valence-electron chi connectivity index (χ3n) is 1.60. The van der Waals surface area contributed by atoms with E-state index in [2.05, 4.69) is 15.4 Å². The van der Waals surface area contributed by atoms with Gasteiger partial charge in [0.15, 0.2) is 0 Å². The Kier molecular flexibility index (Phi) is 1.96. The summed E-state index contributed by atoms with van der Waals surface area (Å²) >= 11 is 0. The largest absolute Gasteiger partial charge is 0.436 e. The van der Waals surface area contributed by atoms with Crippen LogP contribution < -0.4 is 4.74 Å². The van der Waals surface area contributed by atoms with E-state index >= 15 is 0 Å². The summed E-state index contributed by atoms with van der Waals surface area (Å²) in [4.78, 5) is 0. The lowest BCUT2D eigenvalue weighted by atomic mass is 10.2. The highest BCUT2D eigenvalue weighted by molar-refractivity contribution is 5.29. The molecule has 0 fully saturated rings. The number of aromatic nitrogens is 3. The van der Waals surface area contributed by atoms with Crippen LogP contribution in [-0.2, 0) is 0 Å². The van der Waals surface area contributed by atoms with E-state index in [1.54, 1.807) is 0 Å². The Labute approximate surface area is 75.6 Å². The molecule has 66 valence electrons. The molecule has 0 saturated heterocycles. The van der Waals surface area contributed by atoms with Crippen LogP contribution >= 0.6 is 0 Å². The van der Waals surface area contributed by atoms with Crippen molar-refractivity contribution in [3.8, 4) is 11.6 Å². The first-order valence-electron chi connectivity index (χ1n) is 3.95. The van der Waals surface area contributed by atoms with E-state index in [1.165, 1.54) is 6.20 Å². The minimum absolute atomic E-state index is 0.477. The molecular weight excluding hydrogens is 166 g/mol. The first kappa shape index (κ1) is 7.79. The smallest absolute Gasteiger partial charge is 0.258 e. The second-order valence-corrected chi connectivity index (χ2v) is 2.73. The summed E-state index contributed by atoms with van der Waals surface area (Å²) in [5.41, 5.74) is 1.15. The lowest BCUT2D eigenvalue weighted by Gasteiger charge is -2.00. The highest BCUT2D eigenvalue weighted by Crippen LogP contribution is 2.18. The van der Waals surface area contributed by atoms with Crippen LogP contribution in [0.15, 0.2) is 30.5 Å². The highest BCUT2D eigenvalue weighted by Gasteiger charge is 1.98. The van der Waals surface area contributed by atoms with Crippen molar-refractivity contribution in [3.63, 3.8) is 0 Å². The SMILES string of the molecule is Cc1cccc(Oc2cn[nH]n2)c1. The summed E-state index contributed by atoms with van der Waals surface area (Å²) in [6, 6.07) is 7.76. The molecular formula is C9H9N3O. The maximum Gasteiger partial charge on any atom is 0.258 e. The van der Waals surface area contributed by atoms with Gasteiger partial charge in [0, 0.05) is 0 Å². The van der Waals surface area contributed by atoms with Crippen molar-refractivity contribution in [1.29, 1.82) is 0 Å². The summed E-state index contributed by atoms with van der Waals surface area (Å²) in [5.74, 6) is 1.25. The Morgan fingerprint density at radius 2 is 2.31 bits per heavy atom. The zero-order chi connectivity index (χ0) is 9.10. The molecule has 1 aromatic heterocycles. The topological polar surface area (TPSA) is 50.8 Å². The van der Waals surface area contributed by atoms with Crippen molar-refractivity contribution in [2.75, 3.05) is 0 Å². The van der Waals surface area contributed by atoms with Crippen LogP contribution in [0.5, 0.6) is 11.6 Å². The zero-order valence-electron chi connectivity index (χ0n) is 7.19. The van der Waals surface area contributed by atoms with Crippen LogP contribution in [0.4, 0.5) is 0 Å². The van der Waals surface area contributed by atoms with Gasteiger partial charge in [-0.3, -0.25) is 0 Å². The summed E-state index contributed by atoms with van der Waals surface area (Å²) in [6.07, 6.45) is 1.53. The third-order valence-corrected chi connectivity index (χ3v) is 1.60. The van der Waals surface area contributed by atoms with Gasteiger partial charge < -0.3 is 4.74 Å². The maximum atomic E-state index is 5.39. The molecule has 13 heavy (non-hydrogen) atoms. The molecule has 1 N–H and O–H groups in total. The predicted octanol–water partition coefficient (Wildman–Crippen LogP) is 1.91. The van der Waals surface area contributed by atoms with E-state index in [4.69, 9.17) is 4.74 Å². The Balaban J connectivity index is 2.19. The number of aromatic amines is 1. The van der Waals surface area contributed by atoms with Crippen molar-refractivity contribution in [1.82, 2.24) is 15.4 Å². The number of H-pyrrole nitrogens is 1. The molecule has 0 atom stereocenters. The van der Waals surface area contributed by atoms with Gasteiger partial charge in [0.05, 0.1) is 0 Å². The zero-order valence-corrected chi connectivity index (χ0v) is 7.19. The number of benzene rings is 1. The van der Waals surface area contributed by atoms with E-state index in [9.17, 15) is 0 Å². The van der Waals surface area contributed by atoms with Gasteiger partial charge in [0.1, 0.15) is 11.9 Å². The summed E-state index contributed by atoms with van der Waals surface area (Å²) in [5, 5.41) is 9.90. The summed E-state index contributed by atoms with van der Waals surface area (Å²) in [7, 11) is 0. The van der Waals surface area contributed by atoms with Gasteiger partial charge in [0.2, 0.25) is 0 Å². The number of ether oxygens (including phenoxy) is 1. The van der Waals surface area contributed by atoms with E-state index in [1.807, 2.05) is 31.2 Å². The van der Waals surface area contributed by atoms with Crippen molar-refractivity contribution in [2.45, 2.75) is 6.92 Å². The number of aryl methyl sites for hydroxylation is 1. The van der Waals surface area contributed by atoms with E-state index < -0.39 is 0 Å². The van der Waals surface area contributed by atoms with Gasteiger partial charge >= 0.3 is 0 Å². The monoisotopic (exact) mass is 175 g/mol. The van der Waals surface area contributed by atoms with Crippen molar-refractivity contribution in [2.24, 2.45) is 0 Å². The van der Waals surface area contributed by atoms with E-state index in [-0.39, 0.29) is 0 Å². The molecule has 0 bridgehead atoms. The molecule has 0 unspecified atom stereocenters. The Morgan fingerprint density at radius 3 is 3.00 bits per heavy atom. The molecule has 4 heteroatoms. The Hall–Kier alpha value is -1.84. The molecule has 1 aromatic carbocycles. The molecule has 4 nitrogen and oxygen atoms in total. The number of hydrogen-bond acceptors (Lipinski definition) is 3. The molecule has 1 heterocycles. The minimum Gasteiger partial charge on any atom is -0.436 e. The predicted molar refractivity (Wildman–Crippen MR) is 47.6 cm³/mol. The molecule has 0 amide bonds. The molecule has 0 aliphatic carbocycles. The van der Waals surface area contributed by atoms with Crippen molar-refractivity contribution >= 4 is 0 Å². The normalized spacial score (nSPS) is 9.92. The Bertz CT molecular complexity index is 384. The average Bonchev–Trinajstić information content (AvgIpc) is 2.57. The van der Waals surface area contributed by atoms with Crippen LogP contribution in [0.25, 0.3) is 0 Å². The molecule has 2 aromatic rings. The number of rotatable bonds is 2. The van der Waals surface area contributed by atoms with Gasteiger partial charge in [-0.15, -0.1) is 5.10 Å². The fourth-order valence-electron chi connectivity index (χ4n) is 1.04. The van der Waals surface area contributed by atoms with Gasteiger partial charge in [-0.1, -0.05) is 12.1 Å². The molecule has 0 saturated carbocycles. The minimum atomic E-state index is 0.477. The first-order valence-corrected chi connectivity index (χ1v) is 3.95. The highest BCUT2D eigenvalue weighted by atomic mass is 16.5. The van der Waals surface area contributed by atoms with Crippen molar-refractivity contribution < 1.29 is 4.74 Å². The standard InChI is InChI=1S/C9H9N3O/c1-7-3-2-4-8(5-7)13-9-6-10-12-11-9/h2-6H,1H3,(H,10,11,12). The van der Waals surface area contributed by atoms with Gasteiger partial charge in [0.25, 0.3) is 5.88 Å². The van der Waals surface area contributed by atoms with Crippen LogP contribution in [0.1, 0.15) is 5.56 Å². The molecule has 0 radical (unpaired) electrons. The number of nitrogens with one attached hydrogen (secondary N) is 1. The summed E-state index contributed by atoms with van der Waals surface area (Å²) in [6.45, 7) is 2.01. The summed E-state index contributed by atoms with van der Waals surface area (Å²) < 4.78 is 5.39. The lowest BCUT2D eigenvalue weighted by Crippen LogP contribution is -1.84.